The van der Waals surface area contributed by atoms with Crippen molar-refractivity contribution in [3.05, 3.63) is 89.2 Å². The monoisotopic (exact) mass is 456 g/mol. The van der Waals surface area contributed by atoms with Crippen molar-refractivity contribution >= 4 is 28.5 Å². The molecular formula is C27H28N4O3. The van der Waals surface area contributed by atoms with Crippen molar-refractivity contribution in [2.75, 3.05) is 12.4 Å². The number of aryl methyl sites for hydroxylation is 2. The van der Waals surface area contributed by atoms with Gasteiger partial charge in [-0.3, -0.25) is 9.59 Å². The van der Waals surface area contributed by atoms with Gasteiger partial charge >= 0.3 is 0 Å². The number of nitrogens with one attached hydrogen (secondary N) is 3. The van der Waals surface area contributed by atoms with Gasteiger partial charge in [0.2, 0.25) is 5.91 Å². The molecule has 0 aliphatic heterocycles. The van der Waals surface area contributed by atoms with E-state index in [0.29, 0.717) is 18.5 Å². The maximum atomic E-state index is 12.7. The number of aromatic nitrogens is 2. The number of carbonyl (C=O) groups excluding carboxylic acids is 2. The number of para-hydroxylation sites is 1. The molecule has 0 fully saturated rings. The number of H-pyrrole nitrogens is 1. The molecule has 0 aliphatic rings. The molecule has 0 bridgehead atoms. The van der Waals surface area contributed by atoms with Crippen molar-refractivity contribution in [2.45, 2.75) is 32.7 Å². The number of amides is 2. The first kappa shape index (κ1) is 23.0. The number of aromatic amines is 1. The largest absolute Gasteiger partial charge is 0.496 e. The molecule has 0 radical (unpaired) electrons. The zero-order valence-electron chi connectivity index (χ0n) is 19.4. The van der Waals surface area contributed by atoms with Gasteiger partial charge in [0.05, 0.1) is 18.1 Å². The number of anilines is 1. The lowest BCUT2D eigenvalue weighted by Crippen LogP contribution is -2.23. The van der Waals surface area contributed by atoms with Crippen molar-refractivity contribution in [1.29, 1.82) is 0 Å². The summed E-state index contributed by atoms with van der Waals surface area (Å²) in [5.41, 5.74) is 5.11. The van der Waals surface area contributed by atoms with Gasteiger partial charge in [-0.1, -0.05) is 37.3 Å². The van der Waals surface area contributed by atoms with Crippen molar-refractivity contribution in [2.24, 2.45) is 0 Å². The molecule has 7 heteroatoms. The maximum absolute atomic E-state index is 12.7. The summed E-state index contributed by atoms with van der Waals surface area (Å²) in [4.78, 5) is 32.2. The molecule has 7 nitrogen and oxygen atoms in total. The summed E-state index contributed by atoms with van der Waals surface area (Å²) in [5.74, 6) is 1.46. The molecule has 0 unspecified atom stereocenters. The predicted octanol–water partition coefficient (Wildman–Crippen LogP) is 4.64. The van der Waals surface area contributed by atoms with Crippen LogP contribution in [0.25, 0.3) is 11.0 Å². The molecule has 1 heterocycles. The highest BCUT2D eigenvalue weighted by atomic mass is 16.5. The lowest BCUT2D eigenvalue weighted by atomic mass is 10.1. The molecule has 0 saturated heterocycles. The van der Waals surface area contributed by atoms with Crippen LogP contribution in [0, 0.1) is 0 Å². The Morgan fingerprint density at radius 2 is 1.79 bits per heavy atom. The molecule has 174 valence electrons. The molecule has 34 heavy (non-hydrogen) atoms. The van der Waals surface area contributed by atoms with Gasteiger partial charge in [0.15, 0.2) is 0 Å². The van der Waals surface area contributed by atoms with Crippen LogP contribution < -0.4 is 15.4 Å². The fourth-order valence-corrected chi connectivity index (χ4v) is 3.72. The van der Waals surface area contributed by atoms with E-state index in [-0.39, 0.29) is 11.8 Å². The van der Waals surface area contributed by atoms with Gasteiger partial charge in [-0.15, -0.1) is 0 Å². The fourth-order valence-electron chi connectivity index (χ4n) is 3.72. The normalized spacial score (nSPS) is 10.8. The van der Waals surface area contributed by atoms with Gasteiger partial charge in [0.1, 0.15) is 11.6 Å². The third kappa shape index (κ3) is 5.61. The van der Waals surface area contributed by atoms with Crippen molar-refractivity contribution in [3.63, 3.8) is 0 Å². The first-order valence-electron chi connectivity index (χ1n) is 11.3. The number of ether oxygens (including phenoxy) is 1. The Balaban J connectivity index is 1.37. The van der Waals surface area contributed by atoms with E-state index >= 15 is 0 Å². The number of benzene rings is 3. The molecule has 1 aromatic heterocycles. The van der Waals surface area contributed by atoms with Crippen LogP contribution in [-0.4, -0.2) is 28.9 Å². The van der Waals surface area contributed by atoms with Crippen LogP contribution in [0.3, 0.4) is 0 Å². The van der Waals surface area contributed by atoms with Crippen LogP contribution in [0.4, 0.5) is 5.69 Å². The molecule has 3 aromatic carbocycles. The number of rotatable bonds is 9. The van der Waals surface area contributed by atoms with Crippen LogP contribution in [0.1, 0.15) is 40.7 Å². The van der Waals surface area contributed by atoms with Gasteiger partial charge in [-0.2, -0.15) is 0 Å². The van der Waals surface area contributed by atoms with Crippen LogP contribution >= 0.6 is 0 Å². The molecule has 4 rings (SSSR count). The van der Waals surface area contributed by atoms with E-state index in [1.807, 2.05) is 67.6 Å². The predicted molar refractivity (Wildman–Crippen MR) is 133 cm³/mol. The summed E-state index contributed by atoms with van der Waals surface area (Å²) in [6.07, 6.45) is 2.01. The summed E-state index contributed by atoms with van der Waals surface area (Å²) in [7, 11) is 1.62. The Labute approximate surface area is 198 Å². The van der Waals surface area contributed by atoms with Gasteiger partial charge in [-0.25, -0.2) is 4.98 Å². The van der Waals surface area contributed by atoms with Crippen molar-refractivity contribution in [3.8, 4) is 5.75 Å². The minimum atomic E-state index is -0.154. The highest BCUT2D eigenvalue weighted by Gasteiger charge is 2.11. The zero-order valence-corrected chi connectivity index (χ0v) is 19.4. The minimum Gasteiger partial charge on any atom is -0.496 e. The smallest absolute Gasteiger partial charge is 0.251 e. The summed E-state index contributed by atoms with van der Waals surface area (Å²) in [5, 5.41) is 5.80. The average Bonchev–Trinajstić information content (AvgIpc) is 3.29. The van der Waals surface area contributed by atoms with E-state index in [2.05, 4.69) is 20.6 Å². The van der Waals surface area contributed by atoms with E-state index in [1.165, 1.54) is 0 Å². The minimum absolute atomic E-state index is 0.00266. The third-order valence-corrected chi connectivity index (χ3v) is 5.63. The summed E-state index contributed by atoms with van der Waals surface area (Å²) in [6.45, 7) is 2.21. The van der Waals surface area contributed by atoms with Crippen molar-refractivity contribution < 1.29 is 14.3 Å². The van der Waals surface area contributed by atoms with Gasteiger partial charge in [0, 0.05) is 36.2 Å². The van der Waals surface area contributed by atoms with E-state index in [4.69, 9.17) is 4.74 Å². The maximum Gasteiger partial charge on any atom is 0.251 e. The van der Waals surface area contributed by atoms with Gasteiger partial charge < -0.3 is 20.4 Å². The summed E-state index contributed by atoms with van der Waals surface area (Å²) < 4.78 is 5.34. The number of hydrogen-bond acceptors (Lipinski definition) is 4. The summed E-state index contributed by atoms with van der Waals surface area (Å²) >= 11 is 0. The Hall–Kier alpha value is -4.13. The highest BCUT2D eigenvalue weighted by Crippen LogP contribution is 2.19. The molecular weight excluding hydrogens is 428 g/mol. The molecule has 0 atom stereocenters. The quantitative estimate of drug-likeness (QED) is 0.342. The lowest BCUT2D eigenvalue weighted by Gasteiger charge is -2.09. The Kier molecular flexibility index (Phi) is 7.22. The van der Waals surface area contributed by atoms with Crippen LogP contribution in [0.15, 0.2) is 66.7 Å². The van der Waals surface area contributed by atoms with E-state index in [1.54, 1.807) is 13.2 Å². The van der Waals surface area contributed by atoms with E-state index in [9.17, 15) is 9.59 Å². The standard InChI is InChI=1S/C27H28N4O3/c1-3-26(32)29-21-12-8-18(9-13-21)10-15-25-30-22-14-11-19(16-23(22)31-25)27(33)28-17-20-6-4-5-7-24(20)34-2/h4-9,11-14,16H,3,10,15,17H2,1-2H3,(H,28,33)(H,29,32)(H,30,31). The number of hydrogen-bond donors (Lipinski definition) is 3. The zero-order chi connectivity index (χ0) is 23.9. The second-order valence-corrected chi connectivity index (χ2v) is 8.01. The Morgan fingerprint density at radius 1 is 1.00 bits per heavy atom. The molecule has 2 amide bonds. The van der Waals surface area contributed by atoms with Crippen LogP contribution in [0.5, 0.6) is 5.75 Å². The van der Waals surface area contributed by atoms with E-state index in [0.717, 1.165) is 52.3 Å². The molecule has 0 saturated carbocycles. The van der Waals surface area contributed by atoms with Crippen molar-refractivity contribution in [1.82, 2.24) is 15.3 Å². The highest BCUT2D eigenvalue weighted by molar-refractivity contribution is 5.97. The third-order valence-electron chi connectivity index (χ3n) is 5.63. The van der Waals surface area contributed by atoms with Gasteiger partial charge in [0.25, 0.3) is 5.91 Å². The van der Waals surface area contributed by atoms with Crippen LogP contribution in [0.2, 0.25) is 0 Å². The van der Waals surface area contributed by atoms with E-state index < -0.39 is 0 Å². The number of carbonyl (C=O) groups is 2. The van der Waals surface area contributed by atoms with Crippen LogP contribution in [-0.2, 0) is 24.2 Å². The Bertz CT molecular complexity index is 1290. The molecule has 4 aromatic rings. The fraction of sp³-hybridized carbons (Fsp3) is 0.222. The first-order valence-corrected chi connectivity index (χ1v) is 11.3. The second kappa shape index (κ2) is 10.7. The molecule has 3 N–H and O–H groups in total. The van der Waals surface area contributed by atoms with Gasteiger partial charge in [-0.05, 0) is 48.4 Å². The summed E-state index contributed by atoms with van der Waals surface area (Å²) in [6, 6.07) is 20.9. The molecule has 0 aliphatic carbocycles. The topological polar surface area (TPSA) is 96.1 Å². The second-order valence-electron chi connectivity index (χ2n) is 8.01. The Morgan fingerprint density at radius 3 is 2.56 bits per heavy atom. The number of nitrogens with zero attached hydrogens (tertiary/aromatic N) is 1. The number of methoxy groups -OCH3 is 1. The lowest BCUT2D eigenvalue weighted by molar-refractivity contribution is -0.115. The molecule has 0 spiro atoms. The number of fused-ring (bicyclic) bond motifs is 1. The average molecular weight is 457 g/mol. The number of imidazole rings is 1. The SMILES string of the molecule is CCC(=O)Nc1ccc(CCc2nc3ccc(C(=O)NCc4ccccc4OC)cc3[nH]2)cc1. The first-order chi connectivity index (χ1) is 16.6.